The molecule has 2 aromatic carbocycles. The van der Waals surface area contributed by atoms with Gasteiger partial charge in [0.15, 0.2) is 0 Å². The molecule has 1 aliphatic heterocycles. The summed E-state index contributed by atoms with van der Waals surface area (Å²) in [6, 6.07) is 10.3. The van der Waals surface area contributed by atoms with Gasteiger partial charge >= 0.3 is 0 Å². The quantitative estimate of drug-likeness (QED) is 0.743. The molecule has 0 bridgehead atoms. The molecule has 25 heavy (non-hydrogen) atoms. The predicted octanol–water partition coefficient (Wildman–Crippen LogP) is 4.67. The molecule has 0 aromatic heterocycles. The number of methoxy groups -OCH3 is 2. The zero-order valence-corrected chi connectivity index (χ0v) is 15.5. The first kappa shape index (κ1) is 17.3. The number of hydrogen-bond donors (Lipinski definition) is 0. The van der Waals surface area contributed by atoms with E-state index < -0.39 is 0 Å². The van der Waals surface area contributed by atoms with E-state index in [2.05, 4.69) is 41.9 Å². The average molecular weight is 338 g/mol. The van der Waals surface area contributed by atoms with Crippen molar-refractivity contribution in [3.8, 4) is 11.5 Å². The summed E-state index contributed by atoms with van der Waals surface area (Å²) in [6.45, 7) is 6.34. The normalized spacial score (nSPS) is 14.3. The first-order valence-corrected chi connectivity index (χ1v) is 8.74. The third-order valence-electron chi connectivity index (χ3n) is 4.82. The summed E-state index contributed by atoms with van der Waals surface area (Å²) >= 11 is 0. The minimum Gasteiger partial charge on any atom is -0.496 e. The zero-order valence-electron chi connectivity index (χ0n) is 15.5. The Morgan fingerprint density at radius 1 is 0.920 bits per heavy atom. The summed E-state index contributed by atoms with van der Waals surface area (Å²) in [6.07, 6.45) is 4.29. The summed E-state index contributed by atoms with van der Waals surface area (Å²) in [4.78, 5) is 6.97. The molecule has 0 atom stereocenters. The molecule has 4 heteroatoms. The van der Waals surface area contributed by atoms with Crippen LogP contribution in [0.4, 0.5) is 11.4 Å². The molecule has 1 heterocycles. The van der Waals surface area contributed by atoms with Gasteiger partial charge in [-0.3, -0.25) is 4.99 Å². The Morgan fingerprint density at radius 3 is 2.28 bits per heavy atom. The van der Waals surface area contributed by atoms with E-state index in [1.807, 2.05) is 18.3 Å². The first-order chi connectivity index (χ1) is 12.1. The summed E-state index contributed by atoms with van der Waals surface area (Å²) in [7, 11) is 3.41. The Labute approximate surface area is 150 Å². The lowest BCUT2D eigenvalue weighted by atomic mass is 10.1. The number of anilines is 1. The van der Waals surface area contributed by atoms with Crippen LogP contribution in [0.3, 0.4) is 0 Å². The maximum absolute atomic E-state index is 5.63. The van der Waals surface area contributed by atoms with Gasteiger partial charge in [0.1, 0.15) is 11.5 Å². The van der Waals surface area contributed by atoms with Crippen molar-refractivity contribution in [2.45, 2.75) is 26.7 Å². The second-order valence-electron chi connectivity index (χ2n) is 6.49. The third-order valence-corrected chi connectivity index (χ3v) is 4.82. The van der Waals surface area contributed by atoms with Crippen LogP contribution >= 0.6 is 0 Å². The minimum absolute atomic E-state index is 0.815. The molecule has 1 saturated heterocycles. The molecule has 2 aromatic rings. The molecule has 0 radical (unpaired) electrons. The highest BCUT2D eigenvalue weighted by Gasteiger charge is 2.19. The van der Waals surface area contributed by atoms with Gasteiger partial charge in [-0.1, -0.05) is 6.07 Å². The van der Waals surface area contributed by atoms with Crippen molar-refractivity contribution in [1.82, 2.24) is 0 Å². The Kier molecular flexibility index (Phi) is 5.27. The first-order valence-electron chi connectivity index (χ1n) is 8.74. The number of benzene rings is 2. The number of nitrogens with zero attached hydrogens (tertiary/aromatic N) is 2. The van der Waals surface area contributed by atoms with Crippen molar-refractivity contribution in [1.29, 1.82) is 0 Å². The molecular weight excluding hydrogens is 312 g/mol. The van der Waals surface area contributed by atoms with Crippen LogP contribution in [0, 0.1) is 13.8 Å². The van der Waals surface area contributed by atoms with Crippen LogP contribution in [0.1, 0.15) is 29.5 Å². The van der Waals surface area contributed by atoms with Crippen molar-refractivity contribution in [2.75, 3.05) is 32.2 Å². The van der Waals surface area contributed by atoms with E-state index in [0.717, 1.165) is 41.5 Å². The van der Waals surface area contributed by atoms with E-state index >= 15 is 0 Å². The van der Waals surface area contributed by atoms with Gasteiger partial charge in [0.2, 0.25) is 0 Å². The van der Waals surface area contributed by atoms with Crippen molar-refractivity contribution in [2.24, 2.45) is 4.99 Å². The lowest BCUT2D eigenvalue weighted by Gasteiger charge is -2.22. The molecule has 1 fully saturated rings. The van der Waals surface area contributed by atoms with Crippen molar-refractivity contribution in [3.63, 3.8) is 0 Å². The van der Waals surface area contributed by atoms with Crippen LogP contribution in [-0.2, 0) is 0 Å². The maximum atomic E-state index is 5.63. The zero-order chi connectivity index (χ0) is 17.8. The highest BCUT2D eigenvalue weighted by Crippen LogP contribution is 2.36. The van der Waals surface area contributed by atoms with Crippen LogP contribution in [0.25, 0.3) is 0 Å². The largest absolute Gasteiger partial charge is 0.496 e. The van der Waals surface area contributed by atoms with Crippen LogP contribution in [-0.4, -0.2) is 33.5 Å². The highest BCUT2D eigenvalue weighted by molar-refractivity contribution is 5.88. The molecule has 1 aliphatic rings. The lowest BCUT2D eigenvalue weighted by Crippen LogP contribution is -2.18. The molecule has 4 nitrogen and oxygen atoms in total. The fourth-order valence-corrected chi connectivity index (χ4v) is 3.16. The average Bonchev–Trinajstić information content (AvgIpc) is 3.16. The fourth-order valence-electron chi connectivity index (χ4n) is 3.16. The molecule has 0 aliphatic carbocycles. The number of ether oxygens (including phenoxy) is 2. The van der Waals surface area contributed by atoms with Crippen molar-refractivity contribution < 1.29 is 9.47 Å². The number of aryl methyl sites for hydroxylation is 2. The van der Waals surface area contributed by atoms with Crippen LogP contribution in [0.15, 0.2) is 35.3 Å². The Morgan fingerprint density at radius 2 is 1.64 bits per heavy atom. The smallest absolute Gasteiger partial charge is 0.143 e. The SMILES string of the molecule is COc1cc(N2CCCC2)c(OC)cc1C=Nc1ccc(C)c(C)c1. The summed E-state index contributed by atoms with van der Waals surface area (Å²) < 4.78 is 11.2. The number of hydrogen-bond acceptors (Lipinski definition) is 4. The molecule has 0 unspecified atom stereocenters. The molecular formula is C21H26N2O2. The van der Waals surface area contributed by atoms with Crippen molar-refractivity contribution >= 4 is 17.6 Å². The Hall–Kier alpha value is -2.49. The molecule has 0 spiro atoms. The third kappa shape index (κ3) is 3.78. The van der Waals surface area contributed by atoms with Gasteiger partial charge < -0.3 is 14.4 Å². The van der Waals surface area contributed by atoms with Gasteiger partial charge in [0.25, 0.3) is 0 Å². The maximum Gasteiger partial charge on any atom is 0.143 e. The van der Waals surface area contributed by atoms with Gasteiger partial charge in [0, 0.05) is 30.9 Å². The standard InChI is InChI=1S/C21H26N2O2/c1-15-7-8-18(11-16(15)2)22-14-17-12-21(25-4)19(13-20(17)24-3)23-9-5-6-10-23/h7-8,11-14H,5-6,9-10H2,1-4H3. The van der Waals surface area contributed by atoms with Crippen LogP contribution < -0.4 is 14.4 Å². The Bertz CT molecular complexity index is 778. The summed E-state index contributed by atoms with van der Waals surface area (Å²) in [5.41, 5.74) is 5.46. The molecule has 0 amide bonds. The molecule has 132 valence electrons. The Balaban J connectivity index is 1.94. The highest BCUT2D eigenvalue weighted by atomic mass is 16.5. The van der Waals surface area contributed by atoms with Gasteiger partial charge in [-0.15, -0.1) is 0 Å². The topological polar surface area (TPSA) is 34.1 Å². The minimum atomic E-state index is 0.815. The second-order valence-corrected chi connectivity index (χ2v) is 6.49. The summed E-state index contributed by atoms with van der Waals surface area (Å²) in [5, 5.41) is 0. The number of aliphatic imine (C=N–C) groups is 1. The predicted molar refractivity (Wildman–Crippen MR) is 104 cm³/mol. The molecule has 3 rings (SSSR count). The van der Waals surface area contributed by atoms with E-state index in [4.69, 9.17) is 9.47 Å². The van der Waals surface area contributed by atoms with Gasteiger partial charge in [0.05, 0.1) is 25.6 Å². The van der Waals surface area contributed by atoms with Gasteiger partial charge in [-0.05, 0) is 56.0 Å². The van der Waals surface area contributed by atoms with E-state index in [9.17, 15) is 0 Å². The van der Waals surface area contributed by atoms with Crippen LogP contribution in [0.2, 0.25) is 0 Å². The lowest BCUT2D eigenvalue weighted by molar-refractivity contribution is 0.402. The monoisotopic (exact) mass is 338 g/mol. The molecule has 0 saturated carbocycles. The number of rotatable bonds is 5. The summed E-state index contributed by atoms with van der Waals surface area (Å²) in [5.74, 6) is 1.68. The van der Waals surface area contributed by atoms with E-state index in [0.29, 0.717) is 0 Å². The van der Waals surface area contributed by atoms with Gasteiger partial charge in [-0.2, -0.15) is 0 Å². The van der Waals surface area contributed by atoms with Gasteiger partial charge in [-0.25, -0.2) is 0 Å². The fraction of sp³-hybridized carbons (Fsp3) is 0.381. The second kappa shape index (κ2) is 7.60. The van der Waals surface area contributed by atoms with Crippen molar-refractivity contribution in [3.05, 3.63) is 47.0 Å². The van der Waals surface area contributed by atoms with E-state index in [-0.39, 0.29) is 0 Å². The van der Waals surface area contributed by atoms with E-state index in [1.165, 1.54) is 24.0 Å². The van der Waals surface area contributed by atoms with E-state index in [1.54, 1.807) is 14.2 Å². The molecule has 0 N–H and O–H groups in total. The van der Waals surface area contributed by atoms with Crippen LogP contribution in [0.5, 0.6) is 11.5 Å².